The number of hydrogen-bond acceptors (Lipinski definition) is 4. The Labute approximate surface area is 53.9 Å². The monoisotopic (exact) mass is 152 g/mol. The van der Waals surface area contributed by atoms with E-state index in [1.165, 1.54) is 13.8 Å². The Bertz CT molecular complexity index is 203. The SMILES string of the molecule is CC1(C)OCOS1(=O)=O. The Balaban J connectivity index is 3.03. The first-order valence-electron chi connectivity index (χ1n) is 2.49. The molecular weight excluding hydrogens is 144 g/mol. The summed E-state index contributed by atoms with van der Waals surface area (Å²) in [4.78, 5) is -1.16. The summed E-state index contributed by atoms with van der Waals surface area (Å²) in [6.07, 6.45) is 0. The van der Waals surface area contributed by atoms with Crippen molar-refractivity contribution < 1.29 is 17.3 Å². The molecule has 0 spiro atoms. The van der Waals surface area contributed by atoms with E-state index in [2.05, 4.69) is 4.18 Å². The van der Waals surface area contributed by atoms with Crippen LogP contribution in [-0.2, 0) is 19.0 Å². The summed E-state index contributed by atoms with van der Waals surface area (Å²) >= 11 is 0. The van der Waals surface area contributed by atoms with Gasteiger partial charge in [-0.1, -0.05) is 0 Å². The predicted octanol–water partition coefficient (Wildman–Crippen LogP) is 0.0566. The number of hydrogen-bond donors (Lipinski definition) is 0. The van der Waals surface area contributed by atoms with Crippen LogP contribution in [0.2, 0.25) is 0 Å². The van der Waals surface area contributed by atoms with E-state index in [1.54, 1.807) is 0 Å². The Morgan fingerprint density at radius 1 is 1.44 bits per heavy atom. The average Bonchev–Trinajstić information content (AvgIpc) is 1.81. The summed E-state index contributed by atoms with van der Waals surface area (Å²) in [5, 5.41) is 0. The average molecular weight is 152 g/mol. The molecule has 0 unspecified atom stereocenters. The van der Waals surface area contributed by atoms with Crippen LogP contribution in [0.3, 0.4) is 0 Å². The van der Waals surface area contributed by atoms with Gasteiger partial charge in [0.2, 0.25) is 0 Å². The van der Waals surface area contributed by atoms with Gasteiger partial charge in [-0.25, -0.2) is 4.18 Å². The molecule has 0 amide bonds. The van der Waals surface area contributed by atoms with Crippen LogP contribution in [0.1, 0.15) is 13.8 Å². The van der Waals surface area contributed by atoms with Crippen molar-refractivity contribution in [3.63, 3.8) is 0 Å². The highest BCUT2D eigenvalue weighted by Crippen LogP contribution is 2.25. The number of ether oxygens (including phenoxy) is 1. The van der Waals surface area contributed by atoms with Gasteiger partial charge in [-0.2, -0.15) is 8.42 Å². The molecule has 1 saturated heterocycles. The van der Waals surface area contributed by atoms with Crippen molar-refractivity contribution in [2.75, 3.05) is 6.79 Å². The van der Waals surface area contributed by atoms with Gasteiger partial charge in [0.15, 0.2) is 11.7 Å². The predicted molar refractivity (Wildman–Crippen MR) is 30.0 cm³/mol. The van der Waals surface area contributed by atoms with E-state index < -0.39 is 15.1 Å². The van der Waals surface area contributed by atoms with Crippen molar-refractivity contribution in [1.29, 1.82) is 0 Å². The summed E-state index contributed by atoms with van der Waals surface area (Å²) in [7, 11) is -3.45. The molecule has 0 bridgehead atoms. The Hall–Kier alpha value is -0.130. The van der Waals surface area contributed by atoms with Gasteiger partial charge >= 0.3 is 0 Å². The summed E-state index contributed by atoms with van der Waals surface area (Å²) in [6, 6.07) is 0. The molecule has 1 aliphatic rings. The van der Waals surface area contributed by atoms with Crippen molar-refractivity contribution in [2.45, 2.75) is 18.8 Å². The molecule has 4 nitrogen and oxygen atoms in total. The van der Waals surface area contributed by atoms with Crippen molar-refractivity contribution in [3.05, 3.63) is 0 Å². The van der Waals surface area contributed by atoms with Gasteiger partial charge < -0.3 is 4.74 Å². The zero-order valence-corrected chi connectivity index (χ0v) is 6.06. The number of rotatable bonds is 0. The van der Waals surface area contributed by atoms with Gasteiger partial charge in [0.1, 0.15) is 0 Å². The van der Waals surface area contributed by atoms with Crippen LogP contribution in [0.5, 0.6) is 0 Å². The lowest BCUT2D eigenvalue weighted by Crippen LogP contribution is -2.27. The van der Waals surface area contributed by atoms with E-state index in [1.807, 2.05) is 0 Å². The fraction of sp³-hybridized carbons (Fsp3) is 1.00. The summed E-state index contributed by atoms with van der Waals surface area (Å²) in [6.45, 7) is 2.75. The largest absolute Gasteiger partial charge is 0.330 e. The molecule has 0 aromatic heterocycles. The first-order valence-corrected chi connectivity index (χ1v) is 3.89. The molecule has 5 heteroatoms. The van der Waals surface area contributed by atoms with Crippen LogP contribution in [0.15, 0.2) is 0 Å². The maximum Gasteiger partial charge on any atom is 0.299 e. The maximum atomic E-state index is 10.7. The summed E-state index contributed by atoms with van der Waals surface area (Å²) in [5.74, 6) is 0. The van der Waals surface area contributed by atoms with Crippen LogP contribution in [0.25, 0.3) is 0 Å². The second-order valence-electron chi connectivity index (χ2n) is 2.23. The molecule has 54 valence electrons. The minimum absolute atomic E-state index is 0.157. The highest BCUT2D eigenvalue weighted by atomic mass is 32.2. The van der Waals surface area contributed by atoms with Gasteiger partial charge in [-0.3, -0.25) is 0 Å². The normalized spacial score (nSPS) is 30.4. The van der Waals surface area contributed by atoms with Crippen molar-refractivity contribution in [2.24, 2.45) is 0 Å². The lowest BCUT2D eigenvalue weighted by atomic mass is 10.5. The van der Waals surface area contributed by atoms with E-state index in [0.29, 0.717) is 0 Å². The van der Waals surface area contributed by atoms with E-state index in [9.17, 15) is 8.42 Å². The molecule has 0 aromatic rings. The molecule has 0 atom stereocenters. The third-order valence-electron chi connectivity index (χ3n) is 1.21. The Morgan fingerprint density at radius 3 is 2.11 bits per heavy atom. The molecular formula is C4H8O4S. The molecule has 1 aliphatic heterocycles. The third kappa shape index (κ3) is 0.953. The van der Waals surface area contributed by atoms with Crippen LogP contribution < -0.4 is 0 Å². The van der Waals surface area contributed by atoms with E-state index >= 15 is 0 Å². The molecule has 0 aliphatic carbocycles. The van der Waals surface area contributed by atoms with Crippen LogP contribution in [-0.4, -0.2) is 20.1 Å². The maximum absolute atomic E-state index is 10.7. The van der Waals surface area contributed by atoms with E-state index in [0.717, 1.165) is 0 Å². The fourth-order valence-corrected chi connectivity index (χ4v) is 1.09. The van der Waals surface area contributed by atoms with Gasteiger partial charge in [0.05, 0.1) is 0 Å². The van der Waals surface area contributed by atoms with E-state index in [-0.39, 0.29) is 6.79 Å². The van der Waals surface area contributed by atoms with Gasteiger partial charge in [-0.05, 0) is 13.8 Å². The van der Waals surface area contributed by atoms with Crippen molar-refractivity contribution in [1.82, 2.24) is 0 Å². The van der Waals surface area contributed by atoms with E-state index in [4.69, 9.17) is 4.74 Å². The van der Waals surface area contributed by atoms with Gasteiger partial charge in [0.25, 0.3) is 10.1 Å². The molecule has 1 fully saturated rings. The Morgan fingerprint density at radius 2 is 2.00 bits per heavy atom. The van der Waals surface area contributed by atoms with Crippen LogP contribution in [0.4, 0.5) is 0 Å². The molecule has 0 radical (unpaired) electrons. The minimum atomic E-state index is -3.45. The lowest BCUT2D eigenvalue weighted by Gasteiger charge is -2.10. The Kier molecular flexibility index (Phi) is 1.30. The molecule has 1 heterocycles. The zero-order valence-electron chi connectivity index (χ0n) is 5.25. The zero-order chi connectivity index (χ0) is 7.12. The second-order valence-corrected chi connectivity index (χ2v) is 4.36. The van der Waals surface area contributed by atoms with Crippen LogP contribution >= 0.6 is 0 Å². The highest BCUT2D eigenvalue weighted by molar-refractivity contribution is 7.88. The molecule has 1 rings (SSSR count). The fourth-order valence-electron chi connectivity index (χ4n) is 0.443. The van der Waals surface area contributed by atoms with Crippen LogP contribution in [0, 0.1) is 0 Å². The molecule has 0 N–H and O–H groups in total. The molecule has 0 aromatic carbocycles. The summed E-state index contributed by atoms with van der Waals surface area (Å²) < 4.78 is 30.5. The minimum Gasteiger partial charge on any atom is -0.330 e. The van der Waals surface area contributed by atoms with Gasteiger partial charge in [-0.15, -0.1) is 0 Å². The van der Waals surface area contributed by atoms with Crippen molar-refractivity contribution in [3.8, 4) is 0 Å². The molecule has 0 saturated carbocycles. The molecule has 9 heavy (non-hydrogen) atoms. The third-order valence-corrected chi connectivity index (χ3v) is 2.94. The topological polar surface area (TPSA) is 52.6 Å². The first kappa shape index (κ1) is 6.98. The lowest BCUT2D eigenvalue weighted by molar-refractivity contribution is 0.0121. The highest BCUT2D eigenvalue weighted by Gasteiger charge is 2.42. The van der Waals surface area contributed by atoms with Crippen molar-refractivity contribution >= 4 is 10.1 Å². The first-order chi connectivity index (χ1) is 3.96. The smallest absolute Gasteiger partial charge is 0.299 e. The second kappa shape index (κ2) is 1.68. The summed E-state index contributed by atoms with van der Waals surface area (Å²) in [5.41, 5.74) is 0. The standard InChI is InChI=1S/C4H8O4S/c1-4(2)7-3-8-9(4,5)6/h3H2,1-2H3. The van der Waals surface area contributed by atoms with Gasteiger partial charge in [0, 0.05) is 0 Å². The quantitative estimate of drug-likeness (QED) is 0.460.